The van der Waals surface area contributed by atoms with Gasteiger partial charge < -0.3 is 53.1 Å². The van der Waals surface area contributed by atoms with Crippen LogP contribution < -0.4 is 0 Å². The van der Waals surface area contributed by atoms with E-state index in [0.29, 0.717) is 119 Å². The van der Waals surface area contributed by atoms with E-state index in [9.17, 15) is 52.7 Å². The van der Waals surface area contributed by atoms with Crippen LogP contribution in [-0.2, 0) is 76.4 Å². The number of Topliss-reactive ketones (excluding diaryl/α,β-unsaturated/α-hetero) is 4. The number of aliphatic hydroxyl groups is 2. The molecule has 0 aromatic carbocycles. The van der Waals surface area contributed by atoms with Crippen molar-refractivity contribution >= 4 is 64.9 Å². The fraction of sp³-hybridized carbons (Fsp3) is 0.812. The van der Waals surface area contributed by atoms with E-state index >= 15 is 0 Å². The highest BCUT2D eigenvalue weighted by Crippen LogP contribution is 2.25. The lowest BCUT2D eigenvalue weighted by molar-refractivity contribution is -0.156. The molecule has 2 saturated heterocycles. The van der Waals surface area contributed by atoms with E-state index in [1.165, 1.54) is 64.2 Å². The average molecular weight is 1680 g/mol. The van der Waals surface area contributed by atoms with E-state index in [1.807, 2.05) is 18.2 Å². The quantitative estimate of drug-likeness (QED) is 0.0188. The molecular formula is C101H180O18. The second kappa shape index (κ2) is 88.6. The van der Waals surface area contributed by atoms with Gasteiger partial charge in [-0.3, -0.25) is 33.6 Å². The third kappa shape index (κ3) is 81.7. The summed E-state index contributed by atoms with van der Waals surface area (Å²) in [5.74, 6) is 0.604. The molecule has 0 amide bonds. The molecule has 2 aliphatic heterocycles. The Bertz CT molecular complexity index is 2540. The molecule has 0 aromatic heterocycles. The predicted octanol–water partition coefficient (Wildman–Crippen LogP) is 25.7. The maximum absolute atomic E-state index is 12.9. The summed E-state index contributed by atoms with van der Waals surface area (Å²) in [7, 11) is 0. The Morgan fingerprint density at radius 1 is 0.336 bits per heavy atom. The van der Waals surface area contributed by atoms with Crippen LogP contribution in [0.4, 0.5) is 0 Å². The number of ketones is 4. The molecule has 18 heteroatoms. The van der Waals surface area contributed by atoms with Crippen LogP contribution in [0.25, 0.3) is 0 Å². The van der Waals surface area contributed by atoms with Gasteiger partial charge in [0.1, 0.15) is 23.1 Å². The van der Waals surface area contributed by atoms with Gasteiger partial charge in [-0.25, -0.2) is 0 Å². The lowest BCUT2D eigenvalue weighted by atomic mass is 9.97. The summed E-state index contributed by atoms with van der Waals surface area (Å²) in [4.78, 5) is 125. The number of esters is 7. The van der Waals surface area contributed by atoms with Gasteiger partial charge in [0.2, 0.25) is 0 Å². The van der Waals surface area contributed by atoms with Crippen LogP contribution in [0, 0.1) is 53.3 Å². The number of unbranched alkanes of at least 4 members (excludes halogenated alkanes) is 21. The summed E-state index contributed by atoms with van der Waals surface area (Å²) in [6, 6.07) is 0. The Balaban J connectivity index is -0.000000707. The predicted molar refractivity (Wildman–Crippen MR) is 487 cm³/mol. The molecule has 2 aliphatic rings. The number of allylic oxidation sites excluding steroid dienone is 8. The van der Waals surface area contributed by atoms with Crippen molar-refractivity contribution in [1.82, 2.24) is 0 Å². The van der Waals surface area contributed by atoms with Gasteiger partial charge in [-0.1, -0.05) is 279 Å². The van der Waals surface area contributed by atoms with Crippen molar-refractivity contribution in [2.45, 2.75) is 444 Å². The maximum atomic E-state index is 12.9. The second-order valence-corrected chi connectivity index (χ2v) is 33.7. The number of rotatable bonds is 70. The third-order valence-corrected chi connectivity index (χ3v) is 22.4. The molecule has 119 heavy (non-hydrogen) atoms. The highest BCUT2D eigenvalue weighted by Gasteiger charge is 2.33. The molecule has 0 bridgehead atoms. The van der Waals surface area contributed by atoms with Gasteiger partial charge >= 0.3 is 41.8 Å². The minimum atomic E-state index is -0.497. The number of hydrogen-bond donors (Lipinski definition) is 2. The van der Waals surface area contributed by atoms with Crippen molar-refractivity contribution in [3.8, 4) is 0 Å². The molecule has 18 nitrogen and oxygen atoms in total. The molecule has 9 atom stereocenters. The molecule has 2 heterocycles. The topological polar surface area (TPSA) is 274 Å². The zero-order chi connectivity index (χ0) is 89.8. The van der Waals surface area contributed by atoms with E-state index in [4.69, 9.17) is 24.4 Å². The summed E-state index contributed by atoms with van der Waals surface area (Å²) in [6.45, 7) is 32.5. The zero-order valence-electron chi connectivity index (χ0n) is 78.8. The fourth-order valence-corrected chi connectivity index (χ4v) is 13.4. The van der Waals surface area contributed by atoms with E-state index < -0.39 is 17.9 Å². The largest absolute Gasteiger partial charge is 0.465 e. The number of cyclic esters (lactones) is 4. The maximum Gasteiger partial charge on any atom is 0.317 e. The summed E-state index contributed by atoms with van der Waals surface area (Å²) in [5, 5.41) is 17.5. The fourth-order valence-electron chi connectivity index (χ4n) is 13.4. The summed E-state index contributed by atoms with van der Waals surface area (Å²) < 4.78 is 25.8. The summed E-state index contributed by atoms with van der Waals surface area (Å²) in [5.41, 5.74) is 0. The van der Waals surface area contributed by atoms with Crippen LogP contribution in [0.5, 0.6) is 0 Å². The number of carbonyl (C=O) groups is 11. The van der Waals surface area contributed by atoms with E-state index in [2.05, 4.69) is 116 Å². The molecule has 0 aromatic rings. The Labute approximate surface area is 726 Å². The van der Waals surface area contributed by atoms with Crippen molar-refractivity contribution < 1.29 is 86.6 Å². The molecule has 0 radical (unpaired) electrons. The molecule has 2 N–H and O–H groups in total. The monoisotopic (exact) mass is 1680 g/mol. The second-order valence-electron chi connectivity index (χ2n) is 33.7. The number of aliphatic hydroxyl groups excluding tert-OH is 2. The van der Waals surface area contributed by atoms with Crippen LogP contribution in [-0.4, -0.2) is 108 Å². The van der Waals surface area contributed by atoms with Gasteiger partial charge in [0, 0.05) is 45.3 Å². The van der Waals surface area contributed by atoms with E-state index in [0.717, 1.165) is 212 Å². The standard InChI is InChI=1S/C31H56O5.C24H44O3.2C15H22O4.2C8H18O/c1-6-10-20-27(8-3)24-35-30(33)23-29(31(34)36-25-28(9-4)21-11-7-2)22-18-16-14-12-13-15-17-19-26(5)32;1-5-8-17-23(7-3)20-27-24(26)19-22(6-2)18-15-13-11-9-10-12-14-16-21(4)25;2*1-12(16)9-7-5-3-2-4-6-8-10-13-11-14(17)19-15(13)18;2*1-3-5-6-8(4-2)7-9/h16,18,27-29H,6-15,17,19-25H2,1-5H3;13,15,22-23H,5-12,14,16-20H2,1-4H3;2*6,8,13H,2-5,7,9-11H2,1H3;2*8-9H,3-7H2,1-2H3/b18-16+;15-13+;2*8-6+;;. The summed E-state index contributed by atoms with van der Waals surface area (Å²) in [6.07, 6.45) is 68.4. The van der Waals surface area contributed by atoms with Crippen molar-refractivity contribution in [1.29, 1.82) is 0 Å². The molecule has 692 valence electrons. The first-order chi connectivity index (χ1) is 57.3. The van der Waals surface area contributed by atoms with Gasteiger partial charge in [-0.2, -0.15) is 0 Å². The SMILES string of the molecule is CC(=O)CCCCCC/C=C/CC1CC(=O)OC1=O.CC(=O)CCCCCC/C=C/CC1CC(=O)OC1=O.CCCCC(CC)CO.CCCCC(CC)CO.CCCCC(CC)COC(=O)CC(C/C=C/CCCCCCC(C)=O)C(=O)OCC(CC)CCCC.CCCCC(CC)COC(=O)CC(CC)C/C=C/CCCCCCC(C)=O. The van der Waals surface area contributed by atoms with Crippen LogP contribution >= 0.6 is 0 Å². The molecule has 2 fully saturated rings. The first-order valence-electron chi connectivity index (χ1n) is 48.0. The van der Waals surface area contributed by atoms with Gasteiger partial charge in [-0.15, -0.1) is 0 Å². The van der Waals surface area contributed by atoms with E-state index in [1.54, 1.807) is 27.7 Å². The highest BCUT2D eigenvalue weighted by molar-refractivity contribution is 5.95. The van der Waals surface area contributed by atoms with Crippen molar-refractivity contribution in [2.75, 3.05) is 33.0 Å². The lowest BCUT2D eigenvalue weighted by Gasteiger charge is -2.19. The van der Waals surface area contributed by atoms with Crippen LogP contribution in [0.15, 0.2) is 48.6 Å². The molecule has 0 saturated carbocycles. The van der Waals surface area contributed by atoms with Crippen LogP contribution in [0.1, 0.15) is 444 Å². The minimum absolute atomic E-state index is 0.0318. The number of hydrogen-bond acceptors (Lipinski definition) is 18. The van der Waals surface area contributed by atoms with Gasteiger partial charge in [0.25, 0.3) is 0 Å². The Morgan fingerprint density at radius 3 is 0.891 bits per heavy atom. The van der Waals surface area contributed by atoms with Crippen LogP contribution in [0.3, 0.4) is 0 Å². The number of carbonyl (C=O) groups excluding carboxylic acids is 11. The van der Waals surface area contributed by atoms with Crippen molar-refractivity contribution in [3.63, 3.8) is 0 Å². The first kappa shape index (κ1) is 120. The highest BCUT2D eigenvalue weighted by atomic mass is 16.6. The normalized spacial score (nSPS) is 15.5. The Hall–Kier alpha value is -5.75. The Kier molecular flexibility index (Phi) is 89.0. The molecule has 2 rings (SSSR count). The summed E-state index contributed by atoms with van der Waals surface area (Å²) >= 11 is 0. The lowest BCUT2D eigenvalue weighted by Crippen LogP contribution is -2.25. The van der Waals surface area contributed by atoms with Gasteiger partial charge in [-0.05, 0) is 198 Å². The smallest absolute Gasteiger partial charge is 0.317 e. The first-order valence-corrected chi connectivity index (χ1v) is 48.0. The van der Waals surface area contributed by atoms with Crippen molar-refractivity contribution in [2.24, 2.45) is 53.3 Å². The average Bonchev–Trinajstić information content (AvgIpc) is 1.78. The van der Waals surface area contributed by atoms with Gasteiger partial charge in [0.15, 0.2) is 0 Å². The number of ether oxygens (including phenoxy) is 5. The minimum Gasteiger partial charge on any atom is -0.465 e. The molecule has 0 spiro atoms. The molecular weight excluding hydrogens is 1500 g/mol. The molecule has 9 unspecified atom stereocenters. The van der Waals surface area contributed by atoms with E-state index in [-0.39, 0.29) is 78.3 Å². The Morgan fingerprint density at radius 2 is 0.613 bits per heavy atom. The van der Waals surface area contributed by atoms with Crippen LogP contribution in [0.2, 0.25) is 0 Å². The zero-order valence-corrected chi connectivity index (χ0v) is 78.8. The third-order valence-electron chi connectivity index (χ3n) is 22.4. The van der Waals surface area contributed by atoms with Crippen molar-refractivity contribution in [3.05, 3.63) is 48.6 Å². The van der Waals surface area contributed by atoms with Gasteiger partial charge in [0.05, 0.1) is 56.8 Å². The molecule has 0 aliphatic carbocycles.